The van der Waals surface area contributed by atoms with Crippen LogP contribution in [-0.2, 0) is 12.0 Å². The Bertz CT molecular complexity index is 1900. The second-order valence-corrected chi connectivity index (χ2v) is 10.9. The van der Waals surface area contributed by atoms with Gasteiger partial charge in [0.1, 0.15) is 34.3 Å². The molecule has 5 aromatic rings. The first kappa shape index (κ1) is 28.0. The number of primary amides is 1. The number of nitrogens with zero attached hydrogens (tertiary/aromatic N) is 2. The summed E-state index contributed by atoms with van der Waals surface area (Å²) in [5.41, 5.74) is 8.38. The third-order valence-electron chi connectivity index (χ3n) is 7.82. The van der Waals surface area contributed by atoms with E-state index in [4.69, 9.17) is 14.9 Å². The maximum Gasteiger partial charge on any atom is 0.255 e. The second kappa shape index (κ2) is 10.6. The molecule has 2 aromatic heterocycles. The smallest absolute Gasteiger partial charge is 0.255 e. The number of furan rings is 1. The average Bonchev–Trinajstić information content (AvgIpc) is 3.65. The van der Waals surface area contributed by atoms with Crippen molar-refractivity contribution < 1.29 is 27.5 Å². The molecule has 0 unspecified atom stereocenters. The van der Waals surface area contributed by atoms with Crippen LogP contribution in [0.2, 0.25) is 0 Å². The molecule has 3 N–H and O–H groups in total. The number of methoxy groups -OCH3 is 1. The van der Waals surface area contributed by atoms with Crippen LogP contribution in [0.3, 0.4) is 0 Å². The van der Waals surface area contributed by atoms with E-state index in [1.165, 1.54) is 31.4 Å². The fourth-order valence-electron chi connectivity index (χ4n) is 5.29. The van der Waals surface area contributed by atoms with E-state index in [1.807, 2.05) is 13.8 Å². The Hall–Kier alpha value is -5.12. The molecule has 8 nitrogen and oxygen atoms in total. The molecular formula is C33H28F2N4O4. The summed E-state index contributed by atoms with van der Waals surface area (Å²) in [7, 11) is 1.48. The van der Waals surface area contributed by atoms with Crippen LogP contribution in [-0.4, -0.2) is 28.9 Å². The maximum absolute atomic E-state index is 16.1. The Morgan fingerprint density at radius 1 is 1.02 bits per heavy atom. The molecule has 10 heteroatoms. The van der Waals surface area contributed by atoms with Crippen LogP contribution in [0.25, 0.3) is 22.3 Å². The third kappa shape index (κ3) is 5.09. The Morgan fingerprint density at radius 2 is 1.72 bits per heavy atom. The van der Waals surface area contributed by atoms with Gasteiger partial charge < -0.3 is 20.2 Å². The van der Waals surface area contributed by atoms with Gasteiger partial charge in [-0.2, -0.15) is 0 Å². The zero-order valence-corrected chi connectivity index (χ0v) is 23.8. The van der Waals surface area contributed by atoms with E-state index in [9.17, 15) is 14.0 Å². The number of aromatic nitrogens is 2. The minimum Gasteiger partial charge on any atom is -0.496 e. The van der Waals surface area contributed by atoms with Crippen LogP contribution < -0.4 is 15.8 Å². The highest BCUT2D eigenvalue weighted by Gasteiger charge is 2.48. The molecule has 0 atom stereocenters. The van der Waals surface area contributed by atoms with Gasteiger partial charge in [0.15, 0.2) is 5.82 Å². The Labute approximate surface area is 245 Å². The van der Waals surface area contributed by atoms with E-state index in [1.54, 1.807) is 36.7 Å². The van der Waals surface area contributed by atoms with Crippen molar-refractivity contribution in [3.05, 3.63) is 112 Å². The molecule has 2 amide bonds. The first-order valence-corrected chi connectivity index (χ1v) is 13.7. The van der Waals surface area contributed by atoms with Gasteiger partial charge in [0, 0.05) is 24.4 Å². The van der Waals surface area contributed by atoms with Crippen molar-refractivity contribution in [3.8, 4) is 17.1 Å². The zero-order chi connectivity index (χ0) is 30.5. The Kier molecular flexibility index (Phi) is 6.92. The Morgan fingerprint density at radius 3 is 2.35 bits per heavy atom. The minimum atomic E-state index is -0.875. The van der Waals surface area contributed by atoms with Gasteiger partial charge in [0.2, 0.25) is 0 Å². The highest BCUT2D eigenvalue weighted by atomic mass is 19.1. The van der Waals surface area contributed by atoms with E-state index in [0.717, 1.165) is 11.1 Å². The van der Waals surface area contributed by atoms with Crippen LogP contribution in [0.1, 0.15) is 61.6 Å². The van der Waals surface area contributed by atoms with Gasteiger partial charge in [-0.15, -0.1) is 0 Å². The highest BCUT2D eigenvalue weighted by molar-refractivity contribution is 6.11. The number of halogens is 2. The number of carbonyl (C=O) groups excluding carboxylic acids is 2. The van der Waals surface area contributed by atoms with Crippen LogP contribution >= 0.6 is 0 Å². The largest absolute Gasteiger partial charge is 0.496 e. The third-order valence-corrected chi connectivity index (χ3v) is 7.82. The molecule has 1 fully saturated rings. The summed E-state index contributed by atoms with van der Waals surface area (Å²) in [4.78, 5) is 34.9. The van der Waals surface area contributed by atoms with Crippen molar-refractivity contribution in [1.82, 2.24) is 15.3 Å². The summed E-state index contributed by atoms with van der Waals surface area (Å²) in [6.45, 7) is 3.74. The molecule has 1 aliphatic rings. The quantitative estimate of drug-likeness (QED) is 0.235. The summed E-state index contributed by atoms with van der Waals surface area (Å²) in [6.07, 6.45) is 4.97. The first-order chi connectivity index (χ1) is 20.6. The number of rotatable bonds is 8. The summed E-state index contributed by atoms with van der Waals surface area (Å²) in [6, 6.07) is 11.9. The number of carbonyl (C=O) groups is 2. The van der Waals surface area contributed by atoms with Gasteiger partial charge in [0.05, 0.1) is 23.6 Å². The lowest BCUT2D eigenvalue weighted by atomic mass is 9.95. The summed E-state index contributed by atoms with van der Waals surface area (Å²) < 4.78 is 41.0. The predicted molar refractivity (Wildman–Crippen MR) is 156 cm³/mol. The van der Waals surface area contributed by atoms with Crippen LogP contribution in [0, 0.1) is 25.5 Å². The highest BCUT2D eigenvalue weighted by Crippen LogP contribution is 2.44. The standard InChI is InChI=1S/C33H28F2N4O4/c1-17-15-37-32(38-16-17)33(10-11-33)39-31(41)23-14-21(18(2)12-25(23)42-3)13-20-6-9-24-26(28(20)35)27(30(36)40)29(43-24)19-4-7-22(34)8-5-19/h4-9,12,14-16H,10-11,13H2,1-3H3,(H2,36,40)(H,39,41). The fourth-order valence-corrected chi connectivity index (χ4v) is 5.29. The predicted octanol–water partition coefficient (Wildman–Crippen LogP) is 5.90. The lowest BCUT2D eigenvalue weighted by Crippen LogP contribution is -2.36. The molecule has 3 aromatic carbocycles. The number of benzene rings is 3. The van der Waals surface area contributed by atoms with Crippen molar-refractivity contribution in [3.63, 3.8) is 0 Å². The van der Waals surface area contributed by atoms with Gasteiger partial charge in [-0.25, -0.2) is 18.7 Å². The molecule has 0 bridgehead atoms. The average molecular weight is 583 g/mol. The van der Waals surface area contributed by atoms with E-state index >= 15 is 4.39 Å². The number of nitrogens with two attached hydrogens (primary N) is 1. The normalized spacial score (nSPS) is 13.6. The van der Waals surface area contributed by atoms with Crippen molar-refractivity contribution in [2.24, 2.45) is 5.73 Å². The van der Waals surface area contributed by atoms with E-state index < -0.39 is 23.1 Å². The van der Waals surface area contributed by atoms with Crippen LogP contribution in [0.5, 0.6) is 5.75 Å². The molecule has 43 heavy (non-hydrogen) atoms. The van der Waals surface area contributed by atoms with E-state index in [0.29, 0.717) is 41.1 Å². The van der Waals surface area contributed by atoms with Crippen molar-refractivity contribution in [2.45, 2.75) is 38.6 Å². The molecule has 0 saturated heterocycles. The van der Waals surface area contributed by atoms with Crippen molar-refractivity contribution in [1.29, 1.82) is 0 Å². The van der Waals surface area contributed by atoms with Crippen LogP contribution in [0.15, 0.2) is 65.3 Å². The summed E-state index contributed by atoms with van der Waals surface area (Å²) >= 11 is 0. The lowest BCUT2D eigenvalue weighted by molar-refractivity contribution is 0.0924. The van der Waals surface area contributed by atoms with Gasteiger partial charge in [-0.1, -0.05) is 6.07 Å². The molecule has 1 saturated carbocycles. The molecular weight excluding hydrogens is 554 g/mol. The molecule has 0 radical (unpaired) electrons. The van der Waals surface area contributed by atoms with Gasteiger partial charge in [-0.3, -0.25) is 9.59 Å². The topological polar surface area (TPSA) is 120 Å². The van der Waals surface area contributed by atoms with Gasteiger partial charge in [-0.05, 0) is 91.4 Å². The van der Waals surface area contributed by atoms with E-state index in [-0.39, 0.29) is 40.2 Å². The summed E-state index contributed by atoms with van der Waals surface area (Å²) in [5, 5.41) is 3.02. The number of ether oxygens (including phenoxy) is 1. The summed E-state index contributed by atoms with van der Waals surface area (Å²) in [5.74, 6) is -1.37. The fraction of sp³-hybridized carbons (Fsp3) is 0.212. The maximum atomic E-state index is 16.1. The second-order valence-electron chi connectivity index (χ2n) is 10.9. The molecule has 0 spiro atoms. The monoisotopic (exact) mass is 582 g/mol. The SMILES string of the molecule is COc1cc(C)c(Cc2ccc3oc(-c4ccc(F)cc4)c(C(N)=O)c3c2F)cc1C(=O)NC1(c2ncc(C)cn2)CC1. The number of hydrogen-bond acceptors (Lipinski definition) is 6. The minimum absolute atomic E-state index is 0.0535. The number of hydrogen-bond donors (Lipinski definition) is 2. The van der Waals surface area contributed by atoms with Crippen molar-refractivity contribution >= 4 is 22.8 Å². The van der Waals surface area contributed by atoms with Crippen LogP contribution in [0.4, 0.5) is 8.78 Å². The molecule has 6 rings (SSSR count). The number of amides is 2. The lowest BCUT2D eigenvalue weighted by Gasteiger charge is -2.19. The number of aryl methyl sites for hydroxylation is 2. The number of nitrogens with one attached hydrogen (secondary N) is 1. The van der Waals surface area contributed by atoms with Gasteiger partial charge >= 0.3 is 0 Å². The zero-order valence-electron chi connectivity index (χ0n) is 23.8. The number of fused-ring (bicyclic) bond motifs is 1. The molecule has 218 valence electrons. The molecule has 2 heterocycles. The molecule has 1 aliphatic carbocycles. The Balaban J connectivity index is 1.36. The molecule has 0 aliphatic heterocycles. The van der Waals surface area contributed by atoms with Crippen molar-refractivity contribution in [2.75, 3.05) is 7.11 Å². The van der Waals surface area contributed by atoms with E-state index in [2.05, 4.69) is 15.3 Å². The van der Waals surface area contributed by atoms with Gasteiger partial charge in [0.25, 0.3) is 11.8 Å². The first-order valence-electron chi connectivity index (χ1n) is 13.7.